The maximum absolute atomic E-state index is 14.4. The fraction of sp³-hybridized carbons (Fsp3) is 0.375. The van der Waals surface area contributed by atoms with E-state index in [0.29, 0.717) is 17.9 Å². The van der Waals surface area contributed by atoms with Crippen molar-refractivity contribution < 1.29 is 37.0 Å². The lowest BCUT2D eigenvalue weighted by atomic mass is 10.1. The number of benzene rings is 3. The van der Waals surface area contributed by atoms with Crippen molar-refractivity contribution in [2.45, 2.75) is 50.7 Å². The first-order valence-corrected chi connectivity index (χ1v) is 15.5. The smallest absolute Gasteiger partial charge is 0.265 e. The lowest BCUT2D eigenvalue weighted by molar-refractivity contribution is -0.139. The molecule has 3 rings (SSSR count). The van der Waals surface area contributed by atoms with Crippen LogP contribution in [0.1, 0.15) is 32.8 Å². The van der Waals surface area contributed by atoms with Gasteiger partial charge in [-0.05, 0) is 50.1 Å². The summed E-state index contributed by atoms with van der Waals surface area (Å²) < 4.78 is 51.2. The van der Waals surface area contributed by atoms with E-state index in [-0.39, 0.29) is 40.6 Å². The largest absolute Gasteiger partial charge is 0.497 e. The number of sulfonamides is 1. The molecular weight excluding hydrogens is 586 g/mol. The van der Waals surface area contributed by atoms with Crippen LogP contribution in [0.2, 0.25) is 0 Å². The fourth-order valence-corrected chi connectivity index (χ4v) is 5.87. The fourth-order valence-electron chi connectivity index (χ4n) is 4.44. The van der Waals surface area contributed by atoms with Gasteiger partial charge in [0, 0.05) is 24.7 Å². The number of amides is 2. The van der Waals surface area contributed by atoms with Gasteiger partial charge in [0.15, 0.2) is 11.5 Å². The number of ether oxygens (including phenoxy) is 4. The summed E-state index contributed by atoms with van der Waals surface area (Å²) in [6, 6.07) is 17.0. The third-order valence-corrected chi connectivity index (χ3v) is 9.00. The number of hydrogen-bond acceptors (Lipinski definition) is 8. The van der Waals surface area contributed by atoms with E-state index in [2.05, 4.69) is 5.32 Å². The molecule has 0 radical (unpaired) electrons. The van der Waals surface area contributed by atoms with Crippen molar-refractivity contribution >= 4 is 27.5 Å². The van der Waals surface area contributed by atoms with E-state index in [1.54, 1.807) is 19.1 Å². The molecule has 2 amide bonds. The number of methoxy groups -OCH3 is 4. The molecular formula is C32H41N3O8S. The van der Waals surface area contributed by atoms with Crippen LogP contribution in [0.25, 0.3) is 0 Å². The average molecular weight is 628 g/mol. The second kappa shape index (κ2) is 15.3. The van der Waals surface area contributed by atoms with Crippen molar-refractivity contribution in [2.75, 3.05) is 39.3 Å². The highest BCUT2D eigenvalue weighted by Gasteiger charge is 2.34. The molecule has 2 unspecified atom stereocenters. The quantitative estimate of drug-likeness (QED) is 0.265. The molecule has 0 heterocycles. The molecule has 0 fully saturated rings. The molecule has 0 aliphatic rings. The van der Waals surface area contributed by atoms with E-state index in [9.17, 15) is 18.0 Å². The zero-order valence-corrected chi connectivity index (χ0v) is 27.0. The van der Waals surface area contributed by atoms with Gasteiger partial charge < -0.3 is 29.2 Å². The summed E-state index contributed by atoms with van der Waals surface area (Å²) in [7, 11) is 1.26. The Morgan fingerprint density at radius 2 is 1.45 bits per heavy atom. The van der Waals surface area contributed by atoms with Crippen molar-refractivity contribution in [3.63, 3.8) is 0 Å². The normalized spacial score (nSPS) is 12.4. The van der Waals surface area contributed by atoms with E-state index < -0.39 is 28.5 Å². The Morgan fingerprint density at radius 3 is 2.05 bits per heavy atom. The summed E-state index contributed by atoms with van der Waals surface area (Å²) in [5.74, 6) is 0.121. The van der Waals surface area contributed by atoms with Gasteiger partial charge in [-0.15, -0.1) is 0 Å². The van der Waals surface area contributed by atoms with Crippen LogP contribution in [-0.2, 0) is 26.2 Å². The number of anilines is 1. The number of rotatable bonds is 15. The minimum atomic E-state index is -4.43. The highest BCUT2D eigenvalue weighted by molar-refractivity contribution is 7.92. The zero-order valence-electron chi connectivity index (χ0n) is 26.2. The van der Waals surface area contributed by atoms with Crippen molar-refractivity contribution in [1.29, 1.82) is 0 Å². The third kappa shape index (κ3) is 7.93. The molecule has 0 aromatic heterocycles. The van der Waals surface area contributed by atoms with E-state index in [1.165, 1.54) is 57.6 Å². The van der Waals surface area contributed by atoms with Gasteiger partial charge in [-0.25, -0.2) is 8.42 Å². The van der Waals surface area contributed by atoms with E-state index in [0.717, 1.165) is 9.87 Å². The molecule has 1 N–H and O–H groups in total. The van der Waals surface area contributed by atoms with Gasteiger partial charge in [0.2, 0.25) is 11.8 Å². The number of carbonyl (C=O) groups is 2. The van der Waals surface area contributed by atoms with Crippen molar-refractivity contribution in [1.82, 2.24) is 10.2 Å². The number of hydrogen-bond donors (Lipinski definition) is 1. The molecule has 0 spiro atoms. The zero-order chi connectivity index (χ0) is 32.4. The summed E-state index contributed by atoms with van der Waals surface area (Å²) in [4.78, 5) is 28.7. The van der Waals surface area contributed by atoms with Crippen LogP contribution in [0.5, 0.6) is 23.0 Å². The van der Waals surface area contributed by atoms with Crippen molar-refractivity contribution in [3.8, 4) is 23.0 Å². The topological polar surface area (TPSA) is 124 Å². The van der Waals surface area contributed by atoms with Crippen molar-refractivity contribution in [2.24, 2.45) is 0 Å². The second-order valence-electron chi connectivity index (χ2n) is 10.1. The Bertz CT molecular complexity index is 1530. The summed E-state index contributed by atoms with van der Waals surface area (Å²) in [5, 5.41) is 2.92. The molecule has 2 atom stereocenters. The van der Waals surface area contributed by atoms with E-state index in [1.807, 2.05) is 44.2 Å². The molecule has 238 valence electrons. The molecule has 0 bridgehead atoms. The van der Waals surface area contributed by atoms with Gasteiger partial charge >= 0.3 is 0 Å². The van der Waals surface area contributed by atoms with Gasteiger partial charge in [-0.1, -0.05) is 37.3 Å². The first-order valence-electron chi connectivity index (χ1n) is 14.1. The Balaban J connectivity index is 2.15. The Hall–Kier alpha value is -4.45. The van der Waals surface area contributed by atoms with Gasteiger partial charge in [-0.2, -0.15) is 0 Å². The predicted molar refractivity (Wildman–Crippen MR) is 168 cm³/mol. The highest BCUT2D eigenvalue weighted by atomic mass is 32.2. The Labute approximate surface area is 259 Å². The molecule has 12 heteroatoms. The molecule has 44 heavy (non-hydrogen) atoms. The molecule has 0 saturated heterocycles. The molecule has 11 nitrogen and oxygen atoms in total. The second-order valence-corrected chi connectivity index (χ2v) is 11.9. The molecule has 0 aliphatic carbocycles. The lowest BCUT2D eigenvalue weighted by Crippen LogP contribution is -2.52. The Morgan fingerprint density at radius 1 is 0.818 bits per heavy atom. The molecule has 0 aliphatic heterocycles. The molecule has 0 saturated carbocycles. The summed E-state index contributed by atoms with van der Waals surface area (Å²) >= 11 is 0. The number of nitrogens with one attached hydrogen (secondary N) is 1. The first-order chi connectivity index (χ1) is 21.0. The average Bonchev–Trinajstić information content (AvgIpc) is 3.05. The maximum Gasteiger partial charge on any atom is 0.265 e. The lowest BCUT2D eigenvalue weighted by Gasteiger charge is -2.33. The van der Waals surface area contributed by atoms with Crippen LogP contribution >= 0.6 is 0 Å². The summed E-state index contributed by atoms with van der Waals surface area (Å²) in [6.45, 7) is 4.88. The van der Waals surface area contributed by atoms with Crippen LogP contribution in [-0.4, -0.2) is 72.2 Å². The first kappa shape index (κ1) is 34.0. The van der Waals surface area contributed by atoms with Crippen LogP contribution in [0.4, 0.5) is 5.69 Å². The van der Waals surface area contributed by atoms with Crippen LogP contribution in [0.3, 0.4) is 0 Å². The maximum atomic E-state index is 14.4. The number of carbonyl (C=O) groups excluding carboxylic acids is 2. The monoisotopic (exact) mass is 627 g/mol. The van der Waals surface area contributed by atoms with Crippen LogP contribution in [0, 0.1) is 0 Å². The predicted octanol–water partition coefficient (Wildman–Crippen LogP) is 4.25. The summed E-state index contributed by atoms with van der Waals surface area (Å²) in [5.41, 5.74) is 0.851. The summed E-state index contributed by atoms with van der Waals surface area (Å²) in [6.07, 6.45) is 0.706. The minimum Gasteiger partial charge on any atom is -0.497 e. The van der Waals surface area contributed by atoms with E-state index in [4.69, 9.17) is 18.9 Å². The Kier molecular flexibility index (Phi) is 11.9. The van der Waals surface area contributed by atoms with Gasteiger partial charge in [0.1, 0.15) is 24.1 Å². The van der Waals surface area contributed by atoms with Crippen molar-refractivity contribution in [3.05, 3.63) is 72.3 Å². The van der Waals surface area contributed by atoms with Gasteiger partial charge in [0.25, 0.3) is 10.0 Å². The number of nitrogens with zero attached hydrogens (tertiary/aromatic N) is 2. The molecule has 3 aromatic carbocycles. The van der Waals surface area contributed by atoms with Gasteiger partial charge in [-0.3, -0.25) is 13.9 Å². The van der Waals surface area contributed by atoms with Crippen LogP contribution in [0.15, 0.2) is 71.6 Å². The standard InChI is InChI=1S/C32H41N3O8S/c1-8-22(2)33-32(37)23(3)34(20-24-12-10-9-11-13-24)31(36)21-35(27-18-25(40-4)14-16-28(27)41-5)44(38,39)26-15-17-29(42-6)30(19-26)43-7/h9-19,22-23H,8,20-21H2,1-7H3,(H,33,37). The minimum absolute atomic E-state index is 0.0753. The highest BCUT2D eigenvalue weighted by Crippen LogP contribution is 2.37. The SMILES string of the molecule is CCC(C)NC(=O)C(C)N(Cc1ccccc1)C(=O)CN(c1cc(OC)ccc1OC)S(=O)(=O)c1ccc(OC)c(OC)c1. The third-order valence-electron chi connectivity index (χ3n) is 7.24. The van der Waals surface area contributed by atoms with E-state index >= 15 is 0 Å². The van der Waals surface area contributed by atoms with Crippen LogP contribution < -0.4 is 28.6 Å². The molecule has 3 aromatic rings. The van der Waals surface area contributed by atoms with Gasteiger partial charge in [0.05, 0.1) is 39.0 Å².